The summed E-state index contributed by atoms with van der Waals surface area (Å²) in [6.45, 7) is 5.77. The zero-order valence-electron chi connectivity index (χ0n) is 18.7. The van der Waals surface area contributed by atoms with Gasteiger partial charge in [-0.2, -0.15) is 0 Å². The lowest BCUT2D eigenvalue weighted by Gasteiger charge is -2.27. The molecule has 0 saturated carbocycles. The second kappa shape index (κ2) is 8.27. The summed E-state index contributed by atoms with van der Waals surface area (Å²) in [6.07, 6.45) is 6.47. The van der Waals surface area contributed by atoms with E-state index in [1.807, 2.05) is 35.4 Å². The molecule has 2 aromatic rings. The van der Waals surface area contributed by atoms with E-state index in [9.17, 15) is 9.59 Å². The van der Waals surface area contributed by atoms with E-state index in [0.717, 1.165) is 44.8 Å². The van der Waals surface area contributed by atoms with Gasteiger partial charge in [0.1, 0.15) is 5.60 Å². The molecule has 8 heteroatoms. The summed E-state index contributed by atoms with van der Waals surface area (Å²) in [6, 6.07) is 8.21. The average molecular weight is 451 g/mol. The Morgan fingerprint density at radius 2 is 2.06 bits per heavy atom. The molecule has 4 atom stereocenters. The number of H-pyrrole nitrogens is 1. The zero-order valence-corrected chi connectivity index (χ0v) is 18.7. The highest BCUT2D eigenvalue weighted by molar-refractivity contribution is 5.93. The molecule has 0 unspecified atom stereocenters. The van der Waals surface area contributed by atoms with Crippen LogP contribution in [0.2, 0.25) is 0 Å². The maximum Gasteiger partial charge on any atom is 0.230 e. The number of nitrogens with zero attached hydrogens (tertiary/aromatic N) is 2. The minimum absolute atomic E-state index is 0.0371. The Morgan fingerprint density at radius 1 is 1.21 bits per heavy atom. The third-order valence-corrected chi connectivity index (χ3v) is 7.64. The van der Waals surface area contributed by atoms with Crippen molar-refractivity contribution in [1.29, 1.82) is 0 Å². The van der Waals surface area contributed by atoms with Crippen molar-refractivity contribution in [2.45, 2.75) is 18.1 Å². The van der Waals surface area contributed by atoms with E-state index in [0.29, 0.717) is 19.6 Å². The van der Waals surface area contributed by atoms with E-state index in [1.165, 1.54) is 10.9 Å². The van der Waals surface area contributed by atoms with Gasteiger partial charge in [0.15, 0.2) is 0 Å². The van der Waals surface area contributed by atoms with Crippen LogP contribution in [0.4, 0.5) is 0 Å². The molecule has 33 heavy (non-hydrogen) atoms. The molecule has 0 aliphatic carbocycles. The predicted molar refractivity (Wildman–Crippen MR) is 123 cm³/mol. The lowest BCUT2D eigenvalue weighted by atomic mass is 9.77. The Kier molecular flexibility index (Phi) is 5.24. The van der Waals surface area contributed by atoms with Crippen LogP contribution < -0.4 is 5.32 Å². The van der Waals surface area contributed by atoms with E-state index in [2.05, 4.69) is 27.3 Å². The number of hydrogen-bond acceptors (Lipinski definition) is 5. The maximum absolute atomic E-state index is 13.4. The monoisotopic (exact) mass is 450 g/mol. The number of likely N-dealkylation sites (tertiary alicyclic amines) is 1. The van der Waals surface area contributed by atoms with Gasteiger partial charge in [-0.3, -0.25) is 14.5 Å². The first-order valence-electron chi connectivity index (χ1n) is 11.9. The predicted octanol–water partition coefficient (Wildman–Crippen LogP) is 0.941. The average Bonchev–Trinajstić information content (AvgIpc) is 3.58. The van der Waals surface area contributed by atoms with Crippen LogP contribution in [0.5, 0.6) is 0 Å². The first kappa shape index (κ1) is 20.9. The lowest BCUT2D eigenvalue weighted by molar-refractivity contribution is -0.137. The third kappa shape index (κ3) is 3.57. The van der Waals surface area contributed by atoms with Crippen LogP contribution >= 0.6 is 0 Å². The van der Waals surface area contributed by atoms with Gasteiger partial charge in [0, 0.05) is 49.8 Å². The summed E-state index contributed by atoms with van der Waals surface area (Å²) in [5.74, 6) is -0.921. The van der Waals surface area contributed by atoms with E-state index in [-0.39, 0.29) is 17.9 Å². The number of nitrogens with one attached hydrogen (secondary N) is 2. The van der Waals surface area contributed by atoms with Gasteiger partial charge in [0.25, 0.3) is 0 Å². The number of aromatic amines is 1. The van der Waals surface area contributed by atoms with Gasteiger partial charge >= 0.3 is 0 Å². The van der Waals surface area contributed by atoms with Crippen LogP contribution in [0.3, 0.4) is 0 Å². The Bertz CT molecular complexity index is 1090. The molecule has 4 aliphatic rings. The molecule has 1 aromatic carbocycles. The van der Waals surface area contributed by atoms with Crippen LogP contribution in [0.1, 0.15) is 5.56 Å². The molecular formula is C25H30N4O4. The molecule has 1 spiro atoms. The topological polar surface area (TPSA) is 86.9 Å². The first-order valence-corrected chi connectivity index (χ1v) is 11.9. The Hall–Kier alpha value is -2.68. The van der Waals surface area contributed by atoms with Crippen molar-refractivity contribution in [3.8, 4) is 0 Å². The second-order valence-corrected chi connectivity index (χ2v) is 9.51. The quantitative estimate of drug-likeness (QED) is 0.614. The summed E-state index contributed by atoms with van der Waals surface area (Å²) < 4.78 is 11.6. The molecule has 6 rings (SSSR count). The van der Waals surface area contributed by atoms with Crippen molar-refractivity contribution in [3.05, 3.63) is 48.2 Å². The minimum Gasteiger partial charge on any atom is -0.379 e. The van der Waals surface area contributed by atoms with E-state index >= 15 is 0 Å². The van der Waals surface area contributed by atoms with Crippen molar-refractivity contribution in [2.75, 3.05) is 52.5 Å². The van der Waals surface area contributed by atoms with Crippen molar-refractivity contribution < 1.29 is 19.1 Å². The van der Waals surface area contributed by atoms with Crippen molar-refractivity contribution >= 4 is 22.7 Å². The Morgan fingerprint density at radius 3 is 2.94 bits per heavy atom. The van der Waals surface area contributed by atoms with Crippen molar-refractivity contribution in [1.82, 2.24) is 20.1 Å². The Balaban J connectivity index is 1.10. The molecule has 4 aliphatic heterocycles. The fraction of sp³-hybridized carbons (Fsp3) is 0.520. The van der Waals surface area contributed by atoms with Crippen molar-refractivity contribution in [3.63, 3.8) is 0 Å². The molecule has 3 fully saturated rings. The van der Waals surface area contributed by atoms with Crippen LogP contribution in [-0.4, -0.2) is 90.8 Å². The van der Waals surface area contributed by atoms with Crippen LogP contribution in [-0.2, 0) is 25.5 Å². The fourth-order valence-electron chi connectivity index (χ4n) is 5.94. The number of hydrogen-bond donors (Lipinski definition) is 2. The highest BCUT2D eigenvalue weighted by atomic mass is 16.5. The molecule has 174 valence electrons. The van der Waals surface area contributed by atoms with Crippen LogP contribution in [0.25, 0.3) is 10.9 Å². The summed E-state index contributed by atoms with van der Waals surface area (Å²) >= 11 is 0. The largest absolute Gasteiger partial charge is 0.379 e. The van der Waals surface area contributed by atoms with Gasteiger partial charge in [-0.15, -0.1) is 0 Å². The number of para-hydroxylation sites is 1. The highest BCUT2D eigenvalue weighted by Crippen LogP contribution is 2.51. The van der Waals surface area contributed by atoms with Gasteiger partial charge in [-0.1, -0.05) is 30.4 Å². The summed E-state index contributed by atoms with van der Waals surface area (Å²) in [4.78, 5) is 34.0. The normalized spacial score (nSPS) is 31.0. The highest BCUT2D eigenvalue weighted by Gasteiger charge is 2.66. The molecule has 2 amide bonds. The number of amides is 2. The van der Waals surface area contributed by atoms with Crippen LogP contribution in [0.15, 0.2) is 42.6 Å². The molecular weight excluding hydrogens is 420 g/mol. The third-order valence-electron chi connectivity index (χ3n) is 7.64. The minimum atomic E-state index is -0.659. The number of carbonyl (C=O) groups is 2. The number of fused-ring (bicyclic) bond motifs is 2. The second-order valence-electron chi connectivity index (χ2n) is 9.51. The molecule has 5 heterocycles. The number of benzene rings is 1. The van der Waals surface area contributed by atoms with Crippen LogP contribution in [0, 0.1) is 11.8 Å². The SMILES string of the molecule is O=C(NCCN1CCOCC1)[C@@H]1[C@H]2C(=O)N(CCc3c[nH]c4ccccc34)C[C@@]23C=C[C@H]1O3. The summed E-state index contributed by atoms with van der Waals surface area (Å²) in [5.41, 5.74) is 1.65. The van der Waals surface area contributed by atoms with Crippen molar-refractivity contribution in [2.24, 2.45) is 11.8 Å². The molecule has 0 radical (unpaired) electrons. The fourth-order valence-corrected chi connectivity index (χ4v) is 5.94. The molecule has 8 nitrogen and oxygen atoms in total. The van der Waals surface area contributed by atoms with Gasteiger partial charge in [-0.25, -0.2) is 0 Å². The lowest BCUT2D eigenvalue weighted by Crippen LogP contribution is -2.47. The molecule has 2 bridgehead atoms. The molecule has 3 saturated heterocycles. The molecule has 2 N–H and O–H groups in total. The maximum atomic E-state index is 13.4. The number of morpholine rings is 1. The van der Waals surface area contributed by atoms with E-state index < -0.39 is 17.4 Å². The van der Waals surface area contributed by atoms with Gasteiger partial charge in [-0.05, 0) is 18.1 Å². The van der Waals surface area contributed by atoms with E-state index in [4.69, 9.17) is 9.47 Å². The van der Waals surface area contributed by atoms with Gasteiger partial charge < -0.3 is 24.7 Å². The summed E-state index contributed by atoms with van der Waals surface area (Å²) in [5, 5.41) is 4.26. The first-order chi connectivity index (χ1) is 16.1. The number of aromatic nitrogens is 1. The standard InChI is InChI=1S/C25H30N4O4/c30-23(26-8-10-28-11-13-32-14-12-28)21-20-5-7-25(33-20)16-29(24(31)22(21)25)9-6-17-15-27-19-4-2-1-3-18(17)19/h1-5,7,15,20-22,27H,6,8-14,16H2,(H,26,30)/t20-,21+,22+,25+/m1/s1. The van der Waals surface area contributed by atoms with E-state index in [1.54, 1.807) is 0 Å². The van der Waals surface area contributed by atoms with Gasteiger partial charge in [0.05, 0.1) is 37.7 Å². The Labute approximate surface area is 192 Å². The number of ether oxygens (including phenoxy) is 2. The number of rotatable bonds is 7. The number of carbonyl (C=O) groups excluding carboxylic acids is 2. The van der Waals surface area contributed by atoms with Gasteiger partial charge in [0.2, 0.25) is 11.8 Å². The molecule has 1 aromatic heterocycles. The smallest absolute Gasteiger partial charge is 0.230 e. The zero-order chi connectivity index (χ0) is 22.4. The summed E-state index contributed by atoms with van der Waals surface area (Å²) in [7, 11) is 0.